The van der Waals surface area contributed by atoms with Crippen molar-refractivity contribution in [1.29, 1.82) is 0 Å². The van der Waals surface area contributed by atoms with Crippen LogP contribution in [0.2, 0.25) is 0 Å². The molecule has 1 N–H and O–H groups in total. The molecule has 1 saturated carbocycles. The molecule has 3 heterocycles. The number of thiophene rings is 1. The Morgan fingerprint density at radius 2 is 2.12 bits per heavy atom. The summed E-state index contributed by atoms with van der Waals surface area (Å²) in [6.07, 6.45) is 2.29. The van der Waals surface area contributed by atoms with Crippen LogP contribution in [0.15, 0.2) is 22.4 Å². The topological polar surface area (TPSA) is 75.4 Å². The van der Waals surface area contributed by atoms with Gasteiger partial charge in [0.2, 0.25) is 0 Å². The molecule has 0 amide bonds. The molecule has 2 aromatic heterocycles. The van der Waals surface area contributed by atoms with E-state index in [1.165, 1.54) is 15.6 Å². The maximum Gasteiger partial charge on any atom is 0.252 e. The van der Waals surface area contributed by atoms with Gasteiger partial charge in [-0.3, -0.25) is 4.68 Å². The van der Waals surface area contributed by atoms with E-state index in [1.54, 1.807) is 6.07 Å². The Balaban J connectivity index is 1.61. The summed E-state index contributed by atoms with van der Waals surface area (Å²) in [4.78, 5) is 0.989. The van der Waals surface area contributed by atoms with Crippen molar-refractivity contribution in [3.8, 4) is 0 Å². The van der Waals surface area contributed by atoms with E-state index in [-0.39, 0.29) is 0 Å². The Bertz CT molecular complexity index is 852. The van der Waals surface area contributed by atoms with Crippen molar-refractivity contribution in [3.05, 3.63) is 34.5 Å². The minimum atomic E-state index is -3.47. The summed E-state index contributed by atoms with van der Waals surface area (Å²) in [5, 5.41) is 14.8. The van der Waals surface area contributed by atoms with Gasteiger partial charge in [-0.25, -0.2) is 8.42 Å². The molecule has 2 aromatic rings. The van der Waals surface area contributed by atoms with E-state index in [0.29, 0.717) is 35.5 Å². The van der Waals surface area contributed by atoms with Crippen LogP contribution in [-0.4, -0.2) is 34.2 Å². The van der Waals surface area contributed by atoms with E-state index < -0.39 is 16.1 Å². The average molecular weight is 367 g/mol. The Labute approximate surface area is 145 Å². The molecule has 24 heavy (non-hydrogen) atoms. The van der Waals surface area contributed by atoms with Crippen LogP contribution in [0.5, 0.6) is 0 Å². The van der Waals surface area contributed by atoms with E-state index in [9.17, 15) is 13.5 Å². The predicted molar refractivity (Wildman–Crippen MR) is 91.2 cm³/mol. The van der Waals surface area contributed by atoms with Crippen molar-refractivity contribution in [2.24, 2.45) is 5.92 Å². The lowest BCUT2D eigenvalue weighted by molar-refractivity contribution is 0.148. The number of aryl methyl sites for hydroxylation is 2. The van der Waals surface area contributed by atoms with Crippen LogP contribution in [0.4, 0.5) is 0 Å². The number of hydrogen-bond donors (Lipinski definition) is 1. The highest BCUT2D eigenvalue weighted by Crippen LogP contribution is 2.40. The molecule has 0 aromatic carbocycles. The second-order valence-corrected chi connectivity index (χ2v) is 10.1. The Morgan fingerprint density at radius 1 is 1.33 bits per heavy atom. The summed E-state index contributed by atoms with van der Waals surface area (Å²) in [5.41, 5.74) is 1.54. The fourth-order valence-corrected chi connectivity index (χ4v) is 6.02. The van der Waals surface area contributed by atoms with E-state index in [1.807, 2.05) is 23.7 Å². The number of hydrogen-bond acceptors (Lipinski definition) is 5. The van der Waals surface area contributed by atoms with Gasteiger partial charge in [0.05, 0.1) is 17.9 Å². The fraction of sp³-hybridized carbons (Fsp3) is 0.562. The first-order chi connectivity index (χ1) is 11.4. The van der Waals surface area contributed by atoms with Gasteiger partial charge in [-0.1, -0.05) is 0 Å². The van der Waals surface area contributed by atoms with E-state index in [0.717, 1.165) is 29.8 Å². The fourth-order valence-electron chi connectivity index (χ4n) is 3.14. The largest absolute Gasteiger partial charge is 0.386 e. The second-order valence-electron chi connectivity index (χ2n) is 6.62. The van der Waals surface area contributed by atoms with Gasteiger partial charge in [0.1, 0.15) is 10.3 Å². The molecule has 1 aliphatic heterocycles. The van der Waals surface area contributed by atoms with Crippen LogP contribution >= 0.6 is 11.3 Å². The van der Waals surface area contributed by atoms with Crippen molar-refractivity contribution < 1.29 is 13.5 Å². The molecular weight excluding hydrogens is 346 g/mol. The summed E-state index contributed by atoms with van der Waals surface area (Å²) < 4.78 is 29.5. The van der Waals surface area contributed by atoms with Gasteiger partial charge in [-0.05, 0) is 50.3 Å². The molecule has 0 bridgehead atoms. The molecule has 8 heteroatoms. The van der Waals surface area contributed by atoms with Crippen LogP contribution in [0.25, 0.3) is 0 Å². The average Bonchev–Trinajstić information content (AvgIpc) is 3.24. The van der Waals surface area contributed by atoms with Crippen molar-refractivity contribution >= 4 is 21.4 Å². The summed E-state index contributed by atoms with van der Waals surface area (Å²) in [5.74, 6) is 0.318. The van der Waals surface area contributed by atoms with Gasteiger partial charge < -0.3 is 5.11 Å². The Hall–Kier alpha value is -1.22. The zero-order valence-corrected chi connectivity index (χ0v) is 15.2. The standard InChI is InChI=1S/C16H21N3O3S2/c1-11-3-6-15(23-11)24(21,22)18-7-2-8-19-13(10-18)9-14(17-19)16(20)12-4-5-12/h3,6,9,12,16,20H,2,4-5,7-8,10H2,1H3/t16-/m1/s1. The SMILES string of the molecule is Cc1ccc(S(=O)(=O)N2CCCn3nc([C@H](O)C4CC4)cc3C2)s1. The van der Waals surface area contributed by atoms with Crippen LogP contribution in [0.3, 0.4) is 0 Å². The lowest BCUT2D eigenvalue weighted by Gasteiger charge is -2.18. The third-order valence-electron chi connectivity index (χ3n) is 4.68. The highest BCUT2D eigenvalue weighted by atomic mass is 32.2. The quantitative estimate of drug-likeness (QED) is 0.900. The summed E-state index contributed by atoms with van der Waals surface area (Å²) in [7, 11) is -3.47. The first kappa shape index (κ1) is 16.3. The molecule has 0 spiro atoms. The van der Waals surface area contributed by atoms with Gasteiger partial charge in [-0.2, -0.15) is 9.40 Å². The summed E-state index contributed by atoms with van der Waals surface area (Å²) in [6.45, 7) is 3.39. The normalized spacial score (nSPS) is 20.6. The molecule has 0 unspecified atom stereocenters. The third-order valence-corrected chi connectivity index (χ3v) is 7.99. The first-order valence-electron chi connectivity index (χ1n) is 8.26. The molecule has 2 aliphatic rings. The molecule has 6 nitrogen and oxygen atoms in total. The third kappa shape index (κ3) is 2.92. The molecule has 0 saturated heterocycles. The first-order valence-corrected chi connectivity index (χ1v) is 10.5. The van der Waals surface area contributed by atoms with E-state index in [2.05, 4.69) is 5.10 Å². The molecule has 4 rings (SSSR count). The van der Waals surface area contributed by atoms with Crippen LogP contribution in [-0.2, 0) is 23.1 Å². The number of fused-ring (bicyclic) bond motifs is 1. The number of sulfonamides is 1. The number of aliphatic hydroxyl groups excluding tert-OH is 1. The number of nitrogens with zero attached hydrogens (tertiary/aromatic N) is 3. The van der Waals surface area contributed by atoms with E-state index >= 15 is 0 Å². The lowest BCUT2D eigenvalue weighted by Crippen LogP contribution is -2.30. The Kier molecular flexibility index (Phi) is 4.03. The summed E-state index contributed by atoms with van der Waals surface area (Å²) >= 11 is 1.31. The number of aromatic nitrogens is 2. The second kappa shape index (κ2) is 5.94. The van der Waals surface area contributed by atoms with Gasteiger partial charge >= 0.3 is 0 Å². The highest BCUT2D eigenvalue weighted by molar-refractivity contribution is 7.91. The zero-order chi connectivity index (χ0) is 16.9. The Morgan fingerprint density at radius 3 is 2.79 bits per heavy atom. The highest BCUT2D eigenvalue weighted by Gasteiger charge is 2.34. The molecule has 1 fully saturated rings. The van der Waals surface area contributed by atoms with Crippen LogP contribution in [0.1, 0.15) is 41.6 Å². The van der Waals surface area contributed by atoms with Crippen LogP contribution < -0.4 is 0 Å². The van der Waals surface area contributed by atoms with Gasteiger partial charge in [-0.15, -0.1) is 11.3 Å². The van der Waals surface area contributed by atoms with Gasteiger partial charge in [0, 0.05) is 18.0 Å². The monoisotopic (exact) mass is 367 g/mol. The van der Waals surface area contributed by atoms with Crippen molar-refractivity contribution in [2.45, 2.75) is 49.6 Å². The molecule has 130 valence electrons. The minimum Gasteiger partial charge on any atom is -0.386 e. The maximum absolute atomic E-state index is 12.9. The number of aliphatic hydroxyl groups is 1. The lowest BCUT2D eigenvalue weighted by atomic mass is 10.1. The van der Waals surface area contributed by atoms with Gasteiger partial charge in [0.25, 0.3) is 10.0 Å². The minimum absolute atomic E-state index is 0.309. The molecular formula is C16H21N3O3S2. The molecule has 1 atom stereocenters. The summed E-state index contributed by atoms with van der Waals surface area (Å²) in [6, 6.07) is 5.39. The van der Waals surface area contributed by atoms with Crippen LogP contribution in [0, 0.1) is 12.8 Å². The van der Waals surface area contributed by atoms with Gasteiger partial charge in [0.15, 0.2) is 0 Å². The molecule has 0 radical (unpaired) electrons. The van der Waals surface area contributed by atoms with Crippen molar-refractivity contribution in [3.63, 3.8) is 0 Å². The van der Waals surface area contributed by atoms with E-state index in [4.69, 9.17) is 0 Å². The maximum atomic E-state index is 12.9. The number of rotatable bonds is 4. The van der Waals surface area contributed by atoms with Crippen molar-refractivity contribution in [1.82, 2.24) is 14.1 Å². The molecule has 1 aliphatic carbocycles. The predicted octanol–water partition coefficient (Wildman–Crippen LogP) is 2.29. The zero-order valence-electron chi connectivity index (χ0n) is 13.6. The van der Waals surface area contributed by atoms with Crippen molar-refractivity contribution in [2.75, 3.05) is 6.54 Å². The smallest absolute Gasteiger partial charge is 0.252 e.